The molecule has 13 heavy (non-hydrogen) atoms. The van der Waals surface area contributed by atoms with Gasteiger partial charge in [0.15, 0.2) is 5.78 Å². The van der Waals surface area contributed by atoms with Crippen molar-refractivity contribution in [2.24, 2.45) is 5.92 Å². The Morgan fingerprint density at radius 3 is 2.15 bits per heavy atom. The van der Waals surface area contributed by atoms with Gasteiger partial charge in [-0.2, -0.15) is 0 Å². The summed E-state index contributed by atoms with van der Waals surface area (Å²) in [5.41, 5.74) is 0. The zero-order valence-corrected chi connectivity index (χ0v) is 9.22. The van der Waals surface area contributed by atoms with Gasteiger partial charge in [0.25, 0.3) is 0 Å². The molecule has 0 N–H and O–H groups in total. The van der Waals surface area contributed by atoms with E-state index in [2.05, 4.69) is 6.92 Å². The largest absolute Gasteiger partial charge is 0.347 e. The molecule has 0 aliphatic rings. The van der Waals surface area contributed by atoms with Gasteiger partial charge in [0.2, 0.25) is 5.79 Å². The molecule has 0 spiro atoms. The number of ether oxygens (including phenoxy) is 2. The number of carbonyl (C=O) groups is 1. The summed E-state index contributed by atoms with van der Waals surface area (Å²) < 4.78 is 10.1. The van der Waals surface area contributed by atoms with Gasteiger partial charge in [-0.3, -0.25) is 4.79 Å². The molecule has 0 aromatic rings. The van der Waals surface area contributed by atoms with Crippen LogP contribution < -0.4 is 0 Å². The zero-order chi connectivity index (χ0) is 10.5. The highest BCUT2D eigenvalue weighted by Gasteiger charge is 2.35. The van der Waals surface area contributed by atoms with E-state index in [1.807, 2.05) is 6.92 Å². The highest BCUT2D eigenvalue weighted by atomic mass is 16.7. The standard InChI is InChI=1S/C10H20O3/c1-6-7-8(2)9(11)10(3,12-4)13-5/h8H,6-7H2,1-5H3. The van der Waals surface area contributed by atoms with Crippen molar-refractivity contribution in [3.05, 3.63) is 0 Å². The highest BCUT2D eigenvalue weighted by Crippen LogP contribution is 2.19. The molecule has 0 aromatic heterocycles. The van der Waals surface area contributed by atoms with Crippen molar-refractivity contribution in [3.63, 3.8) is 0 Å². The lowest BCUT2D eigenvalue weighted by atomic mass is 9.95. The molecule has 0 saturated heterocycles. The maximum absolute atomic E-state index is 11.8. The van der Waals surface area contributed by atoms with E-state index in [0.717, 1.165) is 12.8 Å². The van der Waals surface area contributed by atoms with E-state index in [0.29, 0.717) is 0 Å². The van der Waals surface area contributed by atoms with Gasteiger partial charge in [0, 0.05) is 20.1 Å². The minimum Gasteiger partial charge on any atom is -0.347 e. The van der Waals surface area contributed by atoms with Crippen LogP contribution >= 0.6 is 0 Å². The molecule has 0 aliphatic carbocycles. The summed E-state index contributed by atoms with van der Waals surface area (Å²) in [5.74, 6) is -1.07. The van der Waals surface area contributed by atoms with Gasteiger partial charge in [-0.1, -0.05) is 20.3 Å². The summed E-state index contributed by atoms with van der Waals surface area (Å²) in [6.07, 6.45) is 1.87. The summed E-state index contributed by atoms with van der Waals surface area (Å²) >= 11 is 0. The average Bonchev–Trinajstić information content (AvgIpc) is 2.16. The molecule has 1 unspecified atom stereocenters. The summed E-state index contributed by atoms with van der Waals surface area (Å²) in [6, 6.07) is 0. The first-order valence-corrected chi connectivity index (χ1v) is 4.66. The molecule has 1 atom stereocenters. The molecule has 0 heterocycles. The molecule has 0 fully saturated rings. The Morgan fingerprint density at radius 1 is 1.38 bits per heavy atom. The van der Waals surface area contributed by atoms with E-state index >= 15 is 0 Å². The number of hydrogen-bond acceptors (Lipinski definition) is 3. The van der Waals surface area contributed by atoms with Crippen LogP contribution in [0.15, 0.2) is 0 Å². The van der Waals surface area contributed by atoms with Crippen molar-refractivity contribution in [2.45, 2.75) is 39.4 Å². The molecule has 78 valence electrons. The lowest BCUT2D eigenvalue weighted by Crippen LogP contribution is -2.42. The first-order valence-electron chi connectivity index (χ1n) is 4.66. The van der Waals surface area contributed by atoms with Gasteiger partial charge < -0.3 is 9.47 Å². The second-order valence-electron chi connectivity index (χ2n) is 3.41. The van der Waals surface area contributed by atoms with Gasteiger partial charge in [0.05, 0.1) is 0 Å². The Hall–Kier alpha value is -0.410. The predicted octanol–water partition coefficient (Wildman–Crippen LogP) is 2.00. The number of rotatable bonds is 6. The van der Waals surface area contributed by atoms with E-state index in [4.69, 9.17) is 9.47 Å². The number of carbonyl (C=O) groups excluding carboxylic acids is 1. The van der Waals surface area contributed by atoms with E-state index < -0.39 is 5.79 Å². The number of ketones is 1. The van der Waals surface area contributed by atoms with E-state index in [1.165, 1.54) is 14.2 Å². The number of methoxy groups -OCH3 is 2. The molecule has 3 nitrogen and oxygen atoms in total. The molecule has 0 aliphatic heterocycles. The first-order chi connectivity index (χ1) is 6.01. The lowest BCUT2D eigenvalue weighted by molar-refractivity contribution is -0.202. The summed E-state index contributed by atoms with van der Waals surface area (Å²) in [6.45, 7) is 5.62. The summed E-state index contributed by atoms with van der Waals surface area (Å²) in [7, 11) is 2.97. The molecule has 0 rings (SSSR count). The normalized spacial score (nSPS) is 14.2. The number of hydrogen-bond donors (Lipinski definition) is 0. The first kappa shape index (κ1) is 12.6. The summed E-state index contributed by atoms with van der Waals surface area (Å²) in [5, 5.41) is 0. The third kappa shape index (κ3) is 3.08. The van der Waals surface area contributed by atoms with Crippen molar-refractivity contribution in [1.29, 1.82) is 0 Å². The quantitative estimate of drug-likeness (QED) is 0.598. The minimum absolute atomic E-state index is 0.00472. The maximum atomic E-state index is 11.8. The van der Waals surface area contributed by atoms with Crippen LogP contribution in [0.3, 0.4) is 0 Å². The fraction of sp³-hybridized carbons (Fsp3) is 0.900. The molecule has 3 heteroatoms. The van der Waals surface area contributed by atoms with Gasteiger partial charge in [-0.15, -0.1) is 0 Å². The van der Waals surface area contributed by atoms with Gasteiger partial charge >= 0.3 is 0 Å². The molecule has 0 aromatic carbocycles. The minimum atomic E-state index is -1.07. The molecule has 0 saturated carbocycles. The van der Waals surface area contributed by atoms with Crippen molar-refractivity contribution in [1.82, 2.24) is 0 Å². The monoisotopic (exact) mass is 188 g/mol. The Morgan fingerprint density at radius 2 is 1.85 bits per heavy atom. The van der Waals surface area contributed by atoms with Crippen molar-refractivity contribution >= 4 is 5.78 Å². The summed E-state index contributed by atoms with van der Waals surface area (Å²) in [4.78, 5) is 11.8. The van der Waals surface area contributed by atoms with Crippen LogP contribution in [0.25, 0.3) is 0 Å². The zero-order valence-electron chi connectivity index (χ0n) is 9.22. The van der Waals surface area contributed by atoms with Crippen LogP contribution in [0, 0.1) is 5.92 Å². The van der Waals surface area contributed by atoms with Gasteiger partial charge in [0.1, 0.15) is 0 Å². The van der Waals surface area contributed by atoms with Gasteiger partial charge in [-0.05, 0) is 13.3 Å². The second-order valence-corrected chi connectivity index (χ2v) is 3.41. The third-order valence-electron chi connectivity index (χ3n) is 2.40. The van der Waals surface area contributed by atoms with Crippen molar-refractivity contribution in [2.75, 3.05) is 14.2 Å². The Bertz CT molecular complexity index is 162. The Balaban J connectivity index is 4.37. The molecule has 0 radical (unpaired) electrons. The fourth-order valence-corrected chi connectivity index (χ4v) is 1.30. The second kappa shape index (κ2) is 5.35. The van der Waals surface area contributed by atoms with Crippen LogP contribution in [0.2, 0.25) is 0 Å². The van der Waals surface area contributed by atoms with Crippen molar-refractivity contribution in [3.8, 4) is 0 Å². The maximum Gasteiger partial charge on any atom is 0.225 e. The van der Waals surface area contributed by atoms with Gasteiger partial charge in [-0.25, -0.2) is 0 Å². The average molecular weight is 188 g/mol. The van der Waals surface area contributed by atoms with E-state index in [9.17, 15) is 4.79 Å². The Labute approximate surface area is 80.4 Å². The SMILES string of the molecule is CCCC(C)C(=O)C(C)(OC)OC. The lowest BCUT2D eigenvalue weighted by Gasteiger charge is -2.27. The Kier molecular flexibility index (Phi) is 5.18. The fourth-order valence-electron chi connectivity index (χ4n) is 1.30. The smallest absolute Gasteiger partial charge is 0.225 e. The molecular weight excluding hydrogens is 168 g/mol. The van der Waals surface area contributed by atoms with E-state index in [-0.39, 0.29) is 11.7 Å². The highest BCUT2D eigenvalue weighted by molar-refractivity contribution is 5.87. The number of Topliss-reactive ketones (excluding diaryl/α,β-unsaturated/α-hetero) is 1. The molecule has 0 bridgehead atoms. The van der Waals surface area contributed by atoms with Crippen LogP contribution in [-0.2, 0) is 14.3 Å². The third-order valence-corrected chi connectivity index (χ3v) is 2.40. The predicted molar refractivity (Wildman–Crippen MR) is 51.5 cm³/mol. The van der Waals surface area contributed by atoms with Crippen LogP contribution in [0.5, 0.6) is 0 Å². The molecular formula is C10H20O3. The van der Waals surface area contributed by atoms with E-state index in [1.54, 1.807) is 6.92 Å². The van der Waals surface area contributed by atoms with Crippen molar-refractivity contribution < 1.29 is 14.3 Å². The molecule has 0 amide bonds. The topological polar surface area (TPSA) is 35.5 Å². The van der Waals surface area contributed by atoms with Crippen LogP contribution in [-0.4, -0.2) is 25.8 Å². The van der Waals surface area contributed by atoms with Crippen LogP contribution in [0.1, 0.15) is 33.6 Å². The van der Waals surface area contributed by atoms with Crippen LogP contribution in [0.4, 0.5) is 0 Å².